The summed E-state index contributed by atoms with van der Waals surface area (Å²) in [4.78, 5) is 92.3. The van der Waals surface area contributed by atoms with E-state index in [-0.39, 0.29) is 11.1 Å². The molecule has 354 valence electrons. The van der Waals surface area contributed by atoms with E-state index >= 15 is 0 Å². The number of para-hydroxylation sites is 2. The second-order valence-electron chi connectivity index (χ2n) is 16.7. The molecule has 4 atom stereocenters. The number of likely N-dealkylation sites (N-methyl/N-ethyl adjacent to an activating group) is 2. The van der Waals surface area contributed by atoms with Gasteiger partial charge in [0.25, 0.3) is 11.8 Å². The SMILES string of the molecule is COc1ccc([C@@H]2Sc3ccccc3N(CCN(C)C)C(=O)[C@@H]2OC(=O)CC(=O)c2ccc(C(=O)CC(=O)O[C@H]3C(=O)N(CCN(C)C)c4ccccc4S[C@H]3c3ccc(OC)cc3)cc2)cc1. The number of anilines is 2. The van der Waals surface area contributed by atoms with Crippen molar-refractivity contribution in [1.82, 2.24) is 9.80 Å². The molecule has 0 aliphatic carbocycles. The van der Waals surface area contributed by atoms with Crippen molar-refractivity contribution in [3.63, 3.8) is 0 Å². The van der Waals surface area contributed by atoms with Gasteiger partial charge in [-0.25, -0.2) is 0 Å². The minimum Gasteiger partial charge on any atom is -0.497 e. The van der Waals surface area contributed by atoms with E-state index in [1.807, 2.05) is 111 Å². The Kier molecular flexibility index (Phi) is 16.4. The van der Waals surface area contributed by atoms with Gasteiger partial charge < -0.3 is 38.5 Å². The van der Waals surface area contributed by atoms with E-state index in [0.29, 0.717) is 49.1 Å². The number of carbonyl (C=O) groups is 6. The summed E-state index contributed by atoms with van der Waals surface area (Å²) in [5, 5.41) is -1.30. The van der Waals surface area contributed by atoms with Crippen LogP contribution in [0.2, 0.25) is 0 Å². The molecule has 14 nitrogen and oxygen atoms in total. The first-order chi connectivity index (χ1) is 32.7. The van der Waals surface area contributed by atoms with Gasteiger partial charge in [-0.05, 0) is 87.8 Å². The number of methoxy groups -OCH3 is 2. The highest BCUT2D eigenvalue weighted by Gasteiger charge is 2.43. The highest BCUT2D eigenvalue weighted by Crippen LogP contribution is 2.48. The van der Waals surface area contributed by atoms with Gasteiger partial charge in [0.15, 0.2) is 23.8 Å². The Morgan fingerprint density at radius 2 is 0.868 bits per heavy atom. The molecule has 0 saturated heterocycles. The number of amides is 2. The van der Waals surface area contributed by atoms with Crippen molar-refractivity contribution in [3.05, 3.63) is 144 Å². The molecule has 2 aliphatic rings. The smallest absolute Gasteiger partial charge is 0.314 e. The summed E-state index contributed by atoms with van der Waals surface area (Å²) in [6.07, 6.45) is -3.91. The third-order valence-corrected chi connectivity index (χ3v) is 14.2. The summed E-state index contributed by atoms with van der Waals surface area (Å²) in [6, 6.07) is 35.0. The van der Waals surface area contributed by atoms with Gasteiger partial charge in [0.05, 0.1) is 36.1 Å². The van der Waals surface area contributed by atoms with Gasteiger partial charge in [0, 0.05) is 47.1 Å². The Hall–Kier alpha value is -6.46. The van der Waals surface area contributed by atoms with Crippen LogP contribution in [0.1, 0.15) is 55.2 Å². The van der Waals surface area contributed by atoms with E-state index in [9.17, 15) is 28.8 Å². The zero-order valence-corrected chi connectivity index (χ0v) is 40.4. The topological polar surface area (TPSA) is 152 Å². The first kappa shape index (κ1) is 49.4. The molecule has 0 radical (unpaired) electrons. The van der Waals surface area contributed by atoms with Gasteiger partial charge in [0.2, 0.25) is 0 Å². The molecular formula is C52H54N4O10S2. The van der Waals surface area contributed by atoms with Crippen LogP contribution in [0.4, 0.5) is 11.4 Å². The number of nitrogens with zero attached hydrogens (tertiary/aromatic N) is 4. The van der Waals surface area contributed by atoms with Gasteiger partial charge in [-0.1, -0.05) is 72.8 Å². The van der Waals surface area contributed by atoms with E-state index < -0.39 is 70.9 Å². The molecule has 0 unspecified atom stereocenters. The van der Waals surface area contributed by atoms with E-state index in [4.69, 9.17) is 18.9 Å². The standard InChI is InChI=1S/C52H54N4O10S2/c1-53(2)27-29-55-39-11-7-9-13-43(39)67-49(35-19-23-37(63-5)24-20-35)47(51(55)61)65-45(59)31-41(57)33-15-17-34(18-16-33)42(58)32-46(60)66-48-50(36-21-25-38(64-6)26-22-36)68-44-14-10-8-12-40(44)56(52(48)62)30-28-54(3)4/h7-26,47-50H,27-32H2,1-6H3/t47-,48-,49+,50+/m1/s1. The summed E-state index contributed by atoms with van der Waals surface area (Å²) in [6.45, 7) is 1.76. The van der Waals surface area contributed by atoms with Crippen LogP contribution >= 0.6 is 23.5 Å². The second-order valence-corrected chi connectivity index (χ2v) is 19.1. The van der Waals surface area contributed by atoms with Gasteiger partial charge in [-0.2, -0.15) is 0 Å². The minimum absolute atomic E-state index is 0.121. The summed E-state index contributed by atoms with van der Waals surface area (Å²) < 4.78 is 22.7. The fraction of sp³-hybridized carbons (Fsp3) is 0.308. The van der Waals surface area contributed by atoms with Crippen LogP contribution in [0.3, 0.4) is 0 Å². The van der Waals surface area contributed by atoms with Crippen LogP contribution in [-0.4, -0.2) is 126 Å². The van der Waals surface area contributed by atoms with E-state index in [0.717, 1.165) is 20.9 Å². The molecule has 5 aromatic rings. The Morgan fingerprint density at radius 1 is 0.515 bits per heavy atom. The van der Waals surface area contributed by atoms with Crippen molar-refractivity contribution < 1.29 is 47.7 Å². The molecule has 0 bridgehead atoms. The van der Waals surface area contributed by atoms with Crippen LogP contribution < -0.4 is 19.3 Å². The largest absolute Gasteiger partial charge is 0.497 e. The normalized spacial score (nSPS) is 18.0. The lowest BCUT2D eigenvalue weighted by Crippen LogP contribution is -2.45. The number of esters is 2. The maximum Gasteiger partial charge on any atom is 0.314 e. The highest BCUT2D eigenvalue weighted by molar-refractivity contribution is 8.00. The molecule has 5 aromatic carbocycles. The number of ketones is 2. The maximum absolute atomic E-state index is 14.5. The van der Waals surface area contributed by atoms with E-state index in [1.54, 1.807) is 48.3 Å². The highest BCUT2D eigenvalue weighted by atomic mass is 32.2. The number of rotatable bonds is 18. The number of fused-ring (bicyclic) bond motifs is 2. The van der Waals surface area contributed by atoms with Crippen molar-refractivity contribution in [3.8, 4) is 11.5 Å². The van der Waals surface area contributed by atoms with Gasteiger partial charge in [-0.3, -0.25) is 28.8 Å². The zero-order chi connectivity index (χ0) is 48.5. The molecule has 68 heavy (non-hydrogen) atoms. The van der Waals surface area contributed by atoms with Gasteiger partial charge in [-0.15, -0.1) is 23.5 Å². The number of Topliss-reactive ketones (excluding diaryl/α,β-unsaturated/α-hetero) is 2. The summed E-state index contributed by atoms with van der Waals surface area (Å²) in [7, 11) is 10.7. The molecule has 7 rings (SSSR count). The Morgan fingerprint density at radius 3 is 1.21 bits per heavy atom. The Labute approximate surface area is 404 Å². The third kappa shape index (κ3) is 11.8. The molecule has 16 heteroatoms. The fourth-order valence-corrected chi connectivity index (χ4v) is 10.4. The van der Waals surface area contributed by atoms with Crippen molar-refractivity contribution in [2.45, 2.75) is 45.3 Å². The van der Waals surface area contributed by atoms with Crippen molar-refractivity contribution in [2.24, 2.45) is 0 Å². The summed E-state index contributed by atoms with van der Waals surface area (Å²) in [5.41, 5.74) is 3.09. The quantitative estimate of drug-likeness (QED) is 0.0483. The predicted octanol–water partition coefficient (Wildman–Crippen LogP) is 7.56. The second kappa shape index (κ2) is 22.6. The minimum atomic E-state index is -1.28. The zero-order valence-electron chi connectivity index (χ0n) is 38.8. The van der Waals surface area contributed by atoms with E-state index in [2.05, 4.69) is 0 Å². The monoisotopic (exact) mass is 958 g/mol. The lowest BCUT2D eigenvalue weighted by molar-refractivity contribution is -0.154. The first-order valence-corrected chi connectivity index (χ1v) is 23.8. The first-order valence-electron chi connectivity index (χ1n) is 22.0. The number of ether oxygens (including phenoxy) is 4. The molecule has 0 spiro atoms. The average molecular weight is 959 g/mol. The molecule has 2 heterocycles. The van der Waals surface area contributed by atoms with Gasteiger partial charge >= 0.3 is 11.9 Å². The Bertz CT molecular complexity index is 2440. The number of hydrogen-bond acceptors (Lipinski definition) is 14. The summed E-state index contributed by atoms with van der Waals surface area (Å²) >= 11 is 2.80. The van der Waals surface area contributed by atoms with Crippen LogP contribution in [0.5, 0.6) is 11.5 Å². The number of thioether (sulfide) groups is 2. The van der Waals surface area contributed by atoms with Crippen LogP contribution in [0, 0.1) is 0 Å². The van der Waals surface area contributed by atoms with Crippen molar-refractivity contribution in [2.75, 3.05) is 78.4 Å². The van der Waals surface area contributed by atoms with Gasteiger partial charge in [0.1, 0.15) is 24.3 Å². The lowest BCUT2D eigenvalue weighted by Gasteiger charge is -2.28. The number of benzene rings is 5. The average Bonchev–Trinajstić information content (AvgIpc) is 3.53. The molecule has 0 aromatic heterocycles. The number of carbonyl (C=O) groups excluding carboxylic acids is 6. The van der Waals surface area contributed by atoms with Crippen LogP contribution in [0.25, 0.3) is 0 Å². The summed E-state index contributed by atoms with van der Waals surface area (Å²) in [5.74, 6) is -2.56. The molecule has 0 N–H and O–H groups in total. The van der Waals surface area contributed by atoms with E-state index in [1.165, 1.54) is 47.8 Å². The molecule has 2 aliphatic heterocycles. The molecular weight excluding hydrogens is 905 g/mol. The van der Waals surface area contributed by atoms with Crippen molar-refractivity contribution in [1.29, 1.82) is 0 Å². The third-order valence-electron chi connectivity index (χ3n) is 11.5. The van der Waals surface area contributed by atoms with Crippen LogP contribution in [0.15, 0.2) is 131 Å². The maximum atomic E-state index is 14.5. The molecule has 0 saturated carbocycles. The lowest BCUT2D eigenvalue weighted by atomic mass is 10.0. The molecule has 2 amide bonds. The molecule has 0 fully saturated rings. The van der Waals surface area contributed by atoms with Crippen LogP contribution in [-0.2, 0) is 28.7 Å². The fourth-order valence-electron chi connectivity index (χ4n) is 7.79. The van der Waals surface area contributed by atoms with Crippen molar-refractivity contribution >= 4 is 70.2 Å². The number of hydrogen-bond donors (Lipinski definition) is 0. The Balaban J connectivity index is 1.05. The predicted molar refractivity (Wildman–Crippen MR) is 262 cm³/mol.